The van der Waals surface area contributed by atoms with Gasteiger partial charge in [-0.2, -0.15) is 0 Å². The highest BCUT2D eigenvalue weighted by Crippen LogP contribution is 2.14. The Balaban J connectivity index is 0.00000325. The Morgan fingerprint density at radius 3 is 0.595 bits per heavy atom. The Morgan fingerprint density at radius 2 is 0.459 bits per heavy atom. The third-order valence-electron chi connectivity index (χ3n) is 5.62. The minimum atomic E-state index is -0.951. The molecule has 1 nitrogen and oxygen atoms in total. The van der Waals surface area contributed by atoms with Gasteiger partial charge in [0.1, 0.15) is 5.75 Å². The van der Waals surface area contributed by atoms with Gasteiger partial charge in [0.2, 0.25) is 9.04 Å². The molecule has 0 saturated carbocycles. The zero-order valence-corrected chi connectivity index (χ0v) is 41.1. The molecule has 1 aromatic rings. The van der Waals surface area contributed by atoms with Gasteiger partial charge in [-0.3, -0.25) is 0 Å². The van der Waals surface area contributed by atoms with Gasteiger partial charge >= 0.3 is 0 Å². The van der Waals surface area contributed by atoms with Crippen molar-refractivity contribution in [3.63, 3.8) is 0 Å². The van der Waals surface area contributed by atoms with E-state index in [1.807, 2.05) is 6.08 Å². The van der Waals surface area contributed by atoms with Gasteiger partial charge in [0, 0.05) is 237 Å². The van der Waals surface area contributed by atoms with Crippen molar-refractivity contribution >= 4 is 9.04 Å². The summed E-state index contributed by atoms with van der Waals surface area (Å²) in [5.74, 6) is 147. The minimum Gasteiger partial charge on any atom is -0.547 e. The van der Waals surface area contributed by atoms with Gasteiger partial charge in [0.15, 0.2) is 0 Å². The minimum absolute atomic E-state index is 0.951. The highest BCUT2D eigenvalue weighted by molar-refractivity contribution is 6.49. The van der Waals surface area contributed by atoms with Crippen LogP contribution in [0.25, 0.3) is 0 Å². The Bertz CT molecular complexity index is 4080. The van der Waals surface area contributed by atoms with Crippen LogP contribution in [0.4, 0.5) is 0 Å². The van der Waals surface area contributed by atoms with Gasteiger partial charge in [-0.1, -0.05) is 30.0 Å². The Morgan fingerprint density at radius 1 is 0.297 bits per heavy atom. The smallest absolute Gasteiger partial charge is 0.229 e. The van der Waals surface area contributed by atoms with Gasteiger partial charge in [-0.15, -0.1) is 6.58 Å². The molecule has 322 valence electrons. The van der Waals surface area contributed by atoms with Crippen LogP contribution in [0.15, 0.2) is 36.9 Å². The molecule has 0 fully saturated rings. The van der Waals surface area contributed by atoms with Crippen LogP contribution >= 0.6 is 0 Å². The van der Waals surface area contributed by atoms with Gasteiger partial charge in [0.25, 0.3) is 0 Å². The van der Waals surface area contributed by atoms with E-state index in [1.54, 1.807) is 13.8 Å². The highest BCUT2D eigenvalue weighted by atomic mass is 28.3. The van der Waals surface area contributed by atoms with E-state index < -0.39 is 9.04 Å². The fourth-order valence-electron chi connectivity index (χ4n) is 3.09. The molecule has 0 atom stereocenters. The van der Waals surface area contributed by atoms with Crippen LogP contribution in [0.1, 0.15) is 25.8 Å². The summed E-state index contributed by atoms with van der Waals surface area (Å²) in [4.78, 5) is 0. The second kappa shape index (κ2) is 53.6. The summed E-state index contributed by atoms with van der Waals surface area (Å²) >= 11 is 0. The summed E-state index contributed by atoms with van der Waals surface area (Å²) < 4.78 is 5.69. The van der Waals surface area contributed by atoms with Crippen molar-refractivity contribution in [1.29, 1.82) is 0 Å². The molecular formula is C72H24OSi. The highest BCUT2D eigenvalue weighted by Gasteiger charge is 1.98. The van der Waals surface area contributed by atoms with Crippen molar-refractivity contribution in [2.75, 3.05) is 0 Å². The molecule has 0 amide bonds. The van der Waals surface area contributed by atoms with Gasteiger partial charge < -0.3 is 4.43 Å². The summed E-state index contributed by atoms with van der Waals surface area (Å²) in [6.45, 7) is 11.4. The molecule has 0 aliphatic rings. The van der Waals surface area contributed by atoms with Gasteiger partial charge in [-0.25, -0.2) is 0 Å². The predicted molar refractivity (Wildman–Crippen MR) is 301 cm³/mol. The van der Waals surface area contributed by atoms with E-state index in [9.17, 15) is 0 Å². The first kappa shape index (κ1) is 60.2. The van der Waals surface area contributed by atoms with Crippen LogP contribution in [0, 0.1) is 343 Å². The maximum atomic E-state index is 5.69. The molecule has 0 bridgehead atoms. The summed E-state index contributed by atoms with van der Waals surface area (Å²) in [5.41, 5.74) is 1.35. The zero-order valence-electron chi connectivity index (χ0n) is 40.0. The molecule has 0 unspecified atom stereocenters. The molecule has 0 aliphatic heterocycles. The maximum absolute atomic E-state index is 5.69. The van der Waals surface area contributed by atoms with E-state index >= 15 is 0 Å². The molecule has 1 rings (SSSR count). The lowest BCUT2D eigenvalue weighted by Gasteiger charge is -2.09. The average Bonchev–Trinajstić information content (AvgIpc) is 3.40. The van der Waals surface area contributed by atoms with Gasteiger partial charge in [-0.05, 0) is 152 Å². The van der Waals surface area contributed by atoms with Crippen LogP contribution in [0.2, 0.25) is 13.1 Å². The second-order valence-corrected chi connectivity index (χ2v) is 13.5. The Hall–Kier alpha value is -13.8. The normalized spacial score (nSPS) is 5.15. The molecule has 74 heavy (non-hydrogen) atoms. The Kier molecular flexibility index (Phi) is 43.6. The van der Waals surface area contributed by atoms with E-state index in [2.05, 4.69) is 387 Å². The lowest BCUT2D eigenvalue weighted by Crippen LogP contribution is -2.10. The summed E-state index contributed by atoms with van der Waals surface area (Å²) in [5, 5.41) is 0. The number of benzene rings is 1. The number of hydrogen-bond donors (Lipinski definition) is 0. The molecule has 0 aliphatic carbocycles. The number of aryl methyl sites for hydroxylation is 1. The standard InChI is InChI=1S/C60H6.C12H18OSi/c1-3-5-7-9-11-13-15-17-19-21-23-25-27-29-31-33-35-37-39-41-43-45-47-49-51-53-55-57-59-60-58-56-54-52-50-48-46-44-42-40-38-36-34-32-30-28-26-24-22-20-18-16-14-12-10-8-6-4-2;1-4-5-6-11-7-9-12(10-8-11)13-14(2)3/h1-2H3;4,7-10,14H,1,5-6H2,2-3H3. The third kappa shape index (κ3) is 50.9. The van der Waals surface area contributed by atoms with Gasteiger partial charge in [0.05, 0.1) is 0 Å². The van der Waals surface area contributed by atoms with Crippen LogP contribution in [0.5, 0.6) is 5.75 Å². The fourth-order valence-corrected chi connectivity index (χ4v) is 3.79. The molecule has 0 heterocycles. The number of allylic oxidation sites excluding steroid dienone is 1. The van der Waals surface area contributed by atoms with E-state index in [0.717, 1.165) is 18.6 Å². The molecule has 0 aromatic heterocycles. The van der Waals surface area contributed by atoms with Crippen LogP contribution in [0.3, 0.4) is 0 Å². The third-order valence-corrected chi connectivity index (χ3v) is 6.36. The fraction of sp³-hybridized carbons (Fsp3) is 0.0833. The topological polar surface area (TPSA) is 9.23 Å². The van der Waals surface area contributed by atoms with Crippen molar-refractivity contribution in [1.82, 2.24) is 0 Å². The van der Waals surface area contributed by atoms with Crippen molar-refractivity contribution in [3.8, 4) is 349 Å². The number of hydrogen-bond acceptors (Lipinski definition) is 1. The van der Waals surface area contributed by atoms with Crippen molar-refractivity contribution < 1.29 is 4.43 Å². The first-order chi connectivity index (χ1) is 36.6. The molecular weight excluding hydrogens is 909 g/mol. The quantitative estimate of drug-likeness (QED) is 0.244. The zero-order chi connectivity index (χ0) is 53.4. The summed E-state index contributed by atoms with van der Waals surface area (Å²) in [6, 6.07) is 8.39. The lowest BCUT2D eigenvalue weighted by atomic mass is 10.1. The first-order valence-electron chi connectivity index (χ1n) is 20.3. The van der Waals surface area contributed by atoms with Crippen LogP contribution in [-0.2, 0) is 6.42 Å². The molecule has 0 saturated heterocycles. The predicted octanol–water partition coefficient (Wildman–Crippen LogP) is 4.29. The van der Waals surface area contributed by atoms with E-state index in [0.29, 0.717) is 0 Å². The van der Waals surface area contributed by atoms with Crippen molar-refractivity contribution in [3.05, 3.63) is 42.5 Å². The van der Waals surface area contributed by atoms with E-state index in [-0.39, 0.29) is 0 Å². The molecule has 0 radical (unpaired) electrons. The monoisotopic (exact) mass is 932 g/mol. The molecule has 2 heteroatoms. The molecule has 1 aromatic carbocycles. The summed E-state index contributed by atoms with van der Waals surface area (Å²) in [6.07, 6.45) is 4.06. The van der Waals surface area contributed by atoms with E-state index in [1.165, 1.54) is 5.56 Å². The molecule has 0 spiro atoms. The average molecular weight is 933 g/mol. The largest absolute Gasteiger partial charge is 0.547 e. The number of rotatable bonds is 5. The molecule has 0 N–H and O–H groups in total. The van der Waals surface area contributed by atoms with E-state index in [4.69, 9.17) is 4.43 Å². The lowest BCUT2D eigenvalue weighted by molar-refractivity contribution is 0.580. The summed E-state index contributed by atoms with van der Waals surface area (Å²) in [7, 11) is -0.951. The SMILES string of the molecule is C=CCCc1ccc(O[SiH](C)C)cc1.CC#CC#CC#CC#CC#CC#CC#CC#CC#CC#CC#CC#CC#CC#CC#CC#CC#CC#CC#CC#CC#CC#CC#CC#CC#CC#CC#CC#CC#CC. The second-order valence-electron chi connectivity index (χ2n) is 11.1. The van der Waals surface area contributed by atoms with Crippen molar-refractivity contribution in [2.45, 2.75) is 39.8 Å². The van der Waals surface area contributed by atoms with Crippen LogP contribution in [-0.4, -0.2) is 9.04 Å². The first-order valence-corrected chi connectivity index (χ1v) is 23.1. The maximum Gasteiger partial charge on any atom is 0.229 e. The Labute approximate surface area is 442 Å². The van der Waals surface area contributed by atoms with Crippen molar-refractivity contribution in [2.24, 2.45) is 0 Å². The van der Waals surface area contributed by atoms with Crippen LogP contribution < -0.4 is 4.43 Å².